The third kappa shape index (κ3) is 4.00. The summed E-state index contributed by atoms with van der Waals surface area (Å²) in [5.41, 5.74) is 1.14. The van der Waals surface area contributed by atoms with Crippen LogP contribution in [0.2, 0.25) is 5.02 Å². The van der Waals surface area contributed by atoms with Gasteiger partial charge in [0.15, 0.2) is 0 Å². The lowest BCUT2D eigenvalue weighted by molar-refractivity contribution is -0.101. The van der Waals surface area contributed by atoms with Crippen molar-refractivity contribution in [1.82, 2.24) is 5.32 Å². The zero-order valence-corrected chi connectivity index (χ0v) is 14.2. The van der Waals surface area contributed by atoms with Gasteiger partial charge in [-0.1, -0.05) is 50.4 Å². The van der Waals surface area contributed by atoms with Gasteiger partial charge in [-0.05, 0) is 49.9 Å². The molecule has 1 aliphatic rings. The van der Waals surface area contributed by atoms with Gasteiger partial charge in [0.2, 0.25) is 0 Å². The first-order valence-corrected chi connectivity index (χ1v) is 8.62. The monoisotopic (exact) mass is 309 g/mol. The quantitative estimate of drug-likeness (QED) is 0.800. The van der Waals surface area contributed by atoms with Crippen LogP contribution in [0.15, 0.2) is 24.3 Å². The van der Waals surface area contributed by atoms with Crippen LogP contribution in [0.5, 0.6) is 0 Å². The molecule has 1 saturated carbocycles. The Morgan fingerprint density at radius 3 is 2.86 bits per heavy atom. The maximum atomic E-state index is 6.34. The van der Waals surface area contributed by atoms with Crippen molar-refractivity contribution in [2.45, 2.75) is 58.1 Å². The molecule has 1 aliphatic carbocycles. The van der Waals surface area contributed by atoms with Crippen molar-refractivity contribution < 1.29 is 4.74 Å². The maximum Gasteiger partial charge on any atom is 0.0878 e. The largest absolute Gasteiger partial charge is 0.373 e. The molecule has 0 radical (unpaired) electrons. The SMILES string of the molecule is CCNC(c1cccc(Cl)c1)C1(OCC)CCCC(C)C1. The van der Waals surface area contributed by atoms with E-state index in [1.165, 1.54) is 18.4 Å². The average molecular weight is 310 g/mol. The lowest BCUT2D eigenvalue weighted by atomic mass is 9.72. The summed E-state index contributed by atoms with van der Waals surface area (Å²) in [5.74, 6) is 0.714. The van der Waals surface area contributed by atoms with Gasteiger partial charge in [0.05, 0.1) is 11.6 Å². The van der Waals surface area contributed by atoms with Crippen molar-refractivity contribution >= 4 is 11.6 Å². The smallest absolute Gasteiger partial charge is 0.0878 e. The second-order valence-electron chi connectivity index (χ2n) is 6.25. The second kappa shape index (κ2) is 7.62. The summed E-state index contributed by atoms with van der Waals surface area (Å²) in [6.07, 6.45) is 4.78. The Morgan fingerprint density at radius 1 is 1.43 bits per heavy atom. The Hall–Kier alpha value is -0.570. The zero-order chi connectivity index (χ0) is 15.3. The van der Waals surface area contributed by atoms with Crippen LogP contribution in [0.3, 0.4) is 0 Å². The summed E-state index contributed by atoms with van der Waals surface area (Å²) in [7, 11) is 0. The van der Waals surface area contributed by atoms with Gasteiger partial charge < -0.3 is 10.1 Å². The van der Waals surface area contributed by atoms with Crippen LogP contribution in [-0.2, 0) is 4.74 Å². The number of rotatable bonds is 6. The van der Waals surface area contributed by atoms with Crippen LogP contribution in [0.25, 0.3) is 0 Å². The van der Waals surface area contributed by atoms with Crippen LogP contribution < -0.4 is 5.32 Å². The van der Waals surface area contributed by atoms with E-state index in [1.54, 1.807) is 0 Å². The molecule has 1 N–H and O–H groups in total. The summed E-state index contributed by atoms with van der Waals surface area (Å²) in [6, 6.07) is 8.43. The normalized spacial score (nSPS) is 27.5. The highest BCUT2D eigenvalue weighted by atomic mass is 35.5. The molecule has 1 aromatic carbocycles. The van der Waals surface area contributed by atoms with E-state index < -0.39 is 0 Å². The molecule has 1 aromatic rings. The van der Waals surface area contributed by atoms with Crippen molar-refractivity contribution in [1.29, 1.82) is 0 Å². The third-order valence-corrected chi connectivity index (χ3v) is 4.77. The van der Waals surface area contributed by atoms with E-state index in [9.17, 15) is 0 Å². The Labute approximate surface area is 134 Å². The fraction of sp³-hybridized carbons (Fsp3) is 0.667. The van der Waals surface area contributed by atoms with Gasteiger partial charge in [0.1, 0.15) is 0 Å². The Balaban J connectivity index is 2.36. The average Bonchev–Trinajstić information content (AvgIpc) is 2.45. The molecule has 0 aromatic heterocycles. The van der Waals surface area contributed by atoms with E-state index in [2.05, 4.69) is 38.2 Å². The Morgan fingerprint density at radius 2 is 2.24 bits per heavy atom. The molecule has 3 atom stereocenters. The molecule has 118 valence electrons. The predicted octanol–water partition coefficient (Wildman–Crippen LogP) is 4.98. The van der Waals surface area contributed by atoms with E-state index in [4.69, 9.17) is 16.3 Å². The van der Waals surface area contributed by atoms with Crippen LogP contribution >= 0.6 is 11.6 Å². The molecule has 0 spiro atoms. The first-order chi connectivity index (χ1) is 10.1. The maximum absolute atomic E-state index is 6.34. The van der Waals surface area contributed by atoms with Crippen molar-refractivity contribution in [2.24, 2.45) is 5.92 Å². The van der Waals surface area contributed by atoms with Crippen LogP contribution in [0.4, 0.5) is 0 Å². The van der Waals surface area contributed by atoms with Crippen molar-refractivity contribution in [3.63, 3.8) is 0 Å². The fourth-order valence-electron chi connectivity index (χ4n) is 3.81. The minimum Gasteiger partial charge on any atom is -0.373 e. The minimum absolute atomic E-state index is 0.104. The van der Waals surface area contributed by atoms with Crippen LogP contribution in [-0.4, -0.2) is 18.8 Å². The van der Waals surface area contributed by atoms with Gasteiger partial charge in [-0.3, -0.25) is 0 Å². The molecule has 0 saturated heterocycles. The van der Waals surface area contributed by atoms with Gasteiger partial charge in [-0.2, -0.15) is 0 Å². The minimum atomic E-state index is -0.104. The highest BCUT2D eigenvalue weighted by Crippen LogP contribution is 2.44. The molecule has 0 heterocycles. The van der Waals surface area contributed by atoms with Gasteiger partial charge in [-0.15, -0.1) is 0 Å². The molecule has 1 fully saturated rings. The van der Waals surface area contributed by atoms with Crippen molar-refractivity contribution in [3.8, 4) is 0 Å². The molecule has 3 unspecified atom stereocenters. The molecule has 0 aliphatic heterocycles. The number of ether oxygens (including phenoxy) is 1. The van der Waals surface area contributed by atoms with E-state index in [1.807, 2.05) is 12.1 Å². The van der Waals surface area contributed by atoms with Crippen LogP contribution in [0, 0.1) is 5.92 Å². The zero-order valence-electron chi connectivity index (χ0n) is 13.5. The summed E-state index contributed by atoms with van der Waals surface area (Å²) >= 11 is 6.21. The lowest BCUT2D eigenvalue weighted by Gasteiger charge is -2.46. The molecular formula is C18H28ClNO. The topological polar surface area (TPSA) is 21.3 Å². The second-order valence-corrected chi connectivity index (χ2v) is 6.68. The van der Waals surface area contributed by atoms with Gasteiger partial charge in [0, 0.05) is 11.6 Å². The van der Waals surface area contributed by atoms with E-state index >= 15 is 0 Å². The summed E-state index contributed by atoms with van der Waals surface area (Å²) < 4.78 is 6.34. The van der Waals surface area contributed by atoms with Crippen molar-refractivity contribution in [3.05, 3.63) is 34.9 Å². The first-order valence-electron chi connectivity index (χ1n) is 8.24. The number of nitrogens with one attached hydrogen (secondary N) is 1. The van der Waals surface area contributed by atoms with Gasteiger partial charge >= 0.3 is 0 Å². The van der Waals surface area contributed by atoms with Crippen molar-refractivity contribution in [2.75, 3.05) is 13.2 Å². The van der Waals surface area contributed by atoms with Gasteiger partial charge in [-0.25, -0.2) is 0 Å². The number of halogens is 1. The lowest BCUT2D eigenvalue weighted by Crippen LogP contribution is -2.49. The number of hydrogen-bond donors (Lipinski definition) is 1. The van der Waals surface area contributed by atoms with E-state index in [-0.39, 0.29) is 11.6 Å². The Bertz CT molecular complexity index is 447. The molecule has 2 nitrogen and oxygen atoms in total. The summed E-state index contributed by atoms with van der Waals surface area (Å²) in [6.45, 7) is 8.29. The number of hydrogen-bond acceptors (Lipinski definition) is 2. The first kappa shape index (κ1) is 16.8. The summed E-state index contributed by atoms with van der Waals surface area (Å²) in [5, 5.41) is 4.46. The van der Waals surface area contributed by atoms with Gasteiger partial charge in [0.25, 0.3) is 0 Å². The molecule has 0 bridgehead atoms. The van der Waals surface area contributed by atoms with E-state index in [0.29, 0.717) is 5.92 Å². The standard InChI is InChI=1S/C18H28ClNO/c1-4-20-17(15-9-6-10-16(19)12-15)18(21-5-2)11-7-8-14(3)13-18/h6,9-10,12,14,17,20H,4-5,7-8,11,13H2,1-3H3. The summed E-state index contributed by atoms with van der Waals surface area (Å²) in [4.78, 5) is 0. The molecule has 2 rings (SSSR count). The number of benzene rings is 1. The highest BCUT2D eigenvalue weighted by molar-refractivity contribution is 6.30. The van der Waals surface area contributed by atoms with E-state index in [0.717, 1.165) is 31.0 Å². The fourth-order valence-corrected chi connectivity index (χ4v) is 4.00. The Kier molecular flexibility index (Phi) is 6.09. The predicted molar refractivity (Wildman–Crippen MR) is 89.9 cm³/mol. The molecule has 3 heteroatoms. The molecule has 21 heavy (non-hydrogen) atoms. The molecular weight excluding hydrogens is 282 g/mol. The third-order valence-electron chi connectivity index (χ3n) is 4.54. The van der Waals surface area contributed by atoms with Crippen LogP contribution in [0.1, 0.15) is 58.1 Å². The number of likely N-dealkylation sites (N-methyl/N-ethyl adjacent to an activating group) is 1. The highest BCUT2D eigenvalue weighted by Gasteiger charge is 2.43. The molecule has 0 amide bonds.